The Kier molecular flexibility index (Phi) is 4.91. The Morgan fingerprint density at radius 1 is 1.19 bits per heavy atom. The molecular weight excluding hydrogens is 326 g/mol. The molecule has 6 heteroatoms. The summed E-state index contributed by atoms with van der Waals surface area (Å²) in [5, 5.41) is 11.7. The lowest BCUT2D eigenvalue weighted by Crippen LogP contribution is -2.45. The van der Waals surface area contributed by atoms with Crippen molar-refractivity contribution >= 4 is 6.03 Å². The molecule has 2 amide bonds. The Morgan fingerprint density at radius 3 is 2.62 bits per heavy atom. The quantitative estimate of drug-likeness (QED) is 0.897. The highest BCUT2D eigenvalue weighted by atomic mass is 16.2. The van der Waals surface area contributed by atoms with Crippen molar-refractivity contribution in [3.8, 4) is 0 Å². The molecule has 2 aliphatic rings. The topological polar surface area (TPSA) is 63.1 Å². The van der Waals surface area contributed by atoms with Crippen molar-refractivity contribution in [1.82, 2.24) is 25.2 Å². The number of carbonyl (C=O) groups excluding carboxylic acids is 1. The fourth-order valence-electron chi connectivity index (χ4n) is 3.65. The number of hydrogen-bond acceptors (Lipinski definition) is 3. The average Bonchev–Trinajstić information content (AvgIpc) is 3.42. The molecule has 1 saturated carbocycles. The largest absolute Gasteiger partial charge is 0.331 e. The van der Waals surface area contributed by atoms with Crippen LogP contribution in [0.3, 0.4) is 0 Å². The zero-order valence-electron chi connectivity index (χ0n) is 15.3. The maximum atomic E-state index is 12.5. The van der Waals surface area contributed by atoms with Crippen LogP contribution in [-0.4, -0.2) is 39.0 Å². The van der Waals surface area contributed by atoms with E-state index >= 15 is 0 Å². The first-order valence-corrected chi connectivity index (χ1v) is 9.69. The fourth-order valence-corrected chi connectivity index (χ4v) is 3.65. The van der Waals surface area contributed by atoms with Gasteiger partial charge in [-0.1, -0.05) is 35.5 Å². The van der Waals surface area contributed by atoms with Gasteiger partial charge in [-0.05, 0) is 44.1 Å². The van der Waals surface area contributed by atoms with Gasteiger partial charge in [0.15, 0.2) is 0 Å². The molecule has 1 saturated heterocycles. The summed E-state index contributed by atoms with van der Waals surface area (Å²) in [4.78, 5) is 14.5. The van der Waals surface area contributed by atoms with Gasteiger partial charge in [0.2, 0.25) is 0 Å². The number of piperidine rings is 1. The summed E-state index contributed by atoms with van der Waals surface area (Å²) in [6.07, 6.45) is 6.66. The lowest BCUT2D eigenvalue weighted by molar-refractivity contribution is 0.161. The summed E-state index contributed by atoms with van der Waals surface area (Å²) in [6, 6.07) is 10.2. The predicted octanol–water partition coefficient (Wildman–Crippen LogP) is 3.34. The van der Waals surface area contributed by atoms with Gasteiger partial charge in [-0.3, -0.25) is 4.68 Å². The molecule has 4 rings (SSSR count). The highest BCUT2D eigenvalue weighted by molar-refractivity contribution is 5.74. The van der Waals surface area contributed by atoms with E-state index in [4.69, 9.17) is 0 Å². The molecule has 1 aromatic heterocycles. The van der Waals surface area contributed by atoms with Crippen molar-refractivity contribution in [3.63, 3.8) is 0 Å². The standard InChI is InChI=1S/C20H27N5O/c1-15(17-5-3-2-4-6-17)21-20(26)24-11-9-16(10-12-24)13-25-14-19(22-23-25)18-7-8-18/h2-6,14-16,18H,7-13H2,1H3,(H,21,26)/t15-/m1/s1. The van der Waals surface area contributed by atoms with E-state index < -0.39 is 0 Å². The van der Waals surface area contributed by atoms with Gasteiger partial charge in [0.1, 0.15) is 0 Å². The Balaban J connectivity index is 1.24. The van der Waals surface area contributed by atoms with Gasteiger partial charge in [-0.25, -0.2) is 4.79 Å². The third-order valence-corrected chi connectivity index (χ3v) is 5.54. The van der Waals surface area contributed by atoms with Crippen LogP contribution in [0.5, 0.6) is 0 Å². The van der Waals surface area contributed by atoms with E-state index in [1.807, 2.05) is 46.8 Å². The minimum absolute atomic E-state index is 0.0254. The van der Waals surface area contributed by atoms with Gasteiger partial charge in [-0.2, -0.15) is 0 Å². The lowest BCUT2D eigenvalue weighted by Gasteiger charge is -2.32. The van der Waals surface area contributed by atoms with Crippen LogP contribution in [0.1, 0.15) is 55.8 Å². The molecule has 1 aromatic carbocycles. The first-order chi connectivity index (χ1) is 12.7. The molecular formula is C20H27N5O. The number of hydrogen-bond donors (Lipinski definition) is 1. The van der Waals surface area contributed by atoms with Crippen LogP contribution < -0.4 is 5.32 Å². The van der Waals surface area contributed by atoms with Crippen molar-refractivity contribution in [3.05, 3.63) is 47.8 Å². The van der Waals surface area contributed by atoms with Crippen LogP contribution in [0.4, 0.5) is 4.79 Å². The van der Waals surface area contributed by atoms with Crippen LogP contribution in [0.2, 0.25) is 0 Å². The number of nitrogens with one attached hydrogen (secondary N) is 1. The minimum atomic E-state index is 0.0254. The number of amides is 2. The van der Waals surface area contributed by atoms with E-state index in [1.165, 1.54) is 12.8 Å². The molecule has 0 radical (unpaired) electrons. The van der Waals surface area contributed by atoms with Crippen molar-refractivity contribution in [2.75, 3.05) is 13.1 Å². The lowest BCUT2D eigenvalue weighted by atomic mass is 9.97. The predicted molar refractivity (Wildman–Crippen MR) is 99.7 cm³/mol. The van der Waals surface area contributed by atoms with Gasteiger partial charge in [0.25, 0.3) is 0 Å². The Labute approximate surface area is 154 Å². The minimum Gasteiger partial charge on any atom is -0.331 e. The van der Waals surface area contributed by atoms with Crippen LogP contribution in [0.25, 0.3) is 0 Å². The zero-order valence-corrected chi connectivity index (χ0v) is 15.3. The number of nitrogens with zero attached hydrogens (tertiary/aromatic N) is 4. The van der Waals surface area contributed by atoms with Crippen LogP contribution in [0, 0.1) is 5.92 Å². The molecule has 2 fully saturated rings. The van der Waals surface area contributed by atoms with E-state index in [0.29, 0.717) is 11.8 Å². The number of aromatic nitrogens is 3. The van der Waals surface area contributed by atoms with E-state index in [2.05, 4.69) is 21.8 Å². The Morgan fingerprint density at radius 2 is 1.92 bits per heavy atom. The van der Waals surface area contributed by atoms with E-state index in [0.717, 1.165) is 43.7 Å². The fraction of sp³-hybridized carbons (Fsp3) is 0.550. The summed E-state index contributed by atoms with van der Waals surface area (Å²) >= 11 is 0. The number of benzene rings is 1. The highest BCUT2D eigenvalue weighted by Crippen LogP contribution is 2.38. The second kappa shape index (κ2) is 7.48. The summed E-state index contributed by atoms with van der Waals surface area (Å²) in [5.74, 6) is 1.22. The normalized spacial score (nSPS) is 19.3. The number of urea groups is 1. The smallest absolute Gasteiger partial charge is 0.317 e. The highest BCUT2D eigenvalue weighted by Gasteiger charge is 2.28. The molecule has 2 aromatic rings. The third-order valence-electron chi connectivity index (χ3n) is 5.54. The second-order valence-corrected chi connectivity index (χ2v) is 7.65. The molecule has 1 atom stereocenters. The van der Waals surface area contributed by atoms with Crippen LogP contribution in [0.15, 0.2) is 36.5 Å². The van der Waals surface area contributed by atoms with Crippen molar-refractivity contribution < 1.29 is 4.79 Å². The van der Waals surface area contributed by atoms with Gasteiger partial charge >= 0.3 is 6.03 Å². The molecule has 1 aliphatic carbocycles. The summed E-state index contributed by atoms with van der Waals surface area (Å²) in [7, 11) is 0. The Bertz CT molecular complexity index is 732. The maximum absolute atomic E-state index is 12.5. The molecule has 6 nitrogen and oxygen atoms in total. The van der Waals surface area contributed by atoms with Crippen molar-refractivity contribution in [1.29, 1.82) is 0 Å². The molecule has 2 heterocycles. The van der Waals surface area contributed by atoms with E-state index in [9.17, 15) is 4.79 Å². The number of rotatable bonds is 5. The first-order valence-electron chi connectivity index (χ1n) is 9.69. The van der Waals surface area contributed by atoms with Gasteiger partial charge < -0.3 is 10.2 Å². The van der Waals surface area contributed by atoms with E-state index in [-0.39, 0.29) is 12.1 Å². The third kappa shape index (κ3) is 4.06. The number of likely N-dealkylation sites (tertiary alicyclic amines) is 1. The van der Waals surface area contributed by atoms with Crippen LogP contribution >= 0.6 is 0 Å². The molecule has 1 N–H and O–H groups in total. The molecule has 0 spiro atoms. The summed E-state index contributed by atoms with van der Waals surface area (Å²) in [6.45, 7) is 4.56. The first kappa shape index (κ1) is 17.1. The van der Waals surface area contributed by atoms with Crippen LogP contribution in [-0.2, 0) is 6.54 Å². The molecule has 0 unspecified atom stereocenters. The van der Waals surface area contributed by atoms with Crippen molar-refractivity contribution in [2.24, 2.45) is 5.92 Å². The molecule has 138 valence electrons. The average molecular weight is 353 g/mol. The SMILES string of the molecule is C[C@@H](NC(=O)N1CCC(Cn2cc(C3CC3)nn2)CC1)c1ccccc1. The monoisotopic (exact) mass is 353 g/mol. The maximum Gasteiger partial charge on any atom is 0.317 e. The molecule has 1 aliphatic heterocycles. The number of carbonyl (C=O) groups is 1. The Hall–Kier alpha value is -2.37. The van der Waals surface area contributed by atoms with Crippen molar-refractivity contribution in [2.45, 2.75) is 51.1 Å². The van der Waals surface area contributed by atoms with Gasteiger partial charge in [0, 0.05) is 31.7 Å². The summed E-state index contributed by atoms with van der Waals surface area (Å²) < 4.78 is 1.99. The zero-order chi connectivity index (χ0) is 17.9. The van der Waals surface area contributed by atoms with Gasteiger partial charge in [-0.15, -0.1) is 5.10 Å². The summed E-state index contributed by atoms with van der Waals surface area (Å²) in [5.41, 5.74) is 2.28. The second-order valence-electron chi connectivity index (χ2n) is 7.65. The molecule has 0 bridgehead atoms. The van der Waals surface area contributed by atoms with Gasteiger partial charge in [0.05, 0.1) is 11.7 Å². The molecule has 26 heavy (non-hydrogen) atoms. The van der Waals surface area contributed by atoms with E-state index in [1.54, 1.807) is 0 Å².